The third kappa shape index (κ3) is 2.52. The minimum Gasteiger partial charge on any atom is -0.508 e. The smallest absolute Gasteiger partial charge is 0.168 e. The molecular weight excluding hydrogens is 228 g/mol. The van der Waals surface area contributed by atoms with Crippen LogP contribution in [0, 0.1) is 5.92 Å². The number of phenols is 1. The zero-order valence-electron chi connectivity index (χ0n) is 10.6. The Labute approximate surface area is 108 Å². The van der Waals surface area contributed by atoms with E-state index in [9.17, 15) is 5.11 Å². The van der Waals surface area contributed by atoms with Crippen molar-refractivity contribution >= 4 is 0 Å². The zero-order valence-corrected chi connectivity index (χ0v) is 10.6. The van der Waals surface area contributed by atoms with Crippen LogP contribution in [-0.2, 0) is 15.9 Å². The van der Waals surface area contributed by atoms with Gasteiger partial charge in [-0.05, 0) is 42.9 Å². The molecule has 0 bridgehead atoms. The molecule has 2 aliphatic rings. The minimum absolute atomic E-state index is 0.245. The van der Waals surface area contributed by atoms with E-state index in [1.165, 1.54) is 18.4 Å². The van der Waals surface area contributed by atoms with E-state index in [1.54, 1.807) is 12.1 Å². The van der Waals surface area contributed by atoms with Crippen LogP contribution in [0.3, 0.4) is 0 Å². The van der Waals surface area contributed by atoms with E-state index < -0.39 is 0 Å². The second-order valence-electron chi connectivity index (χ2n) is 5.42. The van der Waals surface area contributed by atoms with E-state index in [-0.39, 0.29) is 5.79 Å². The molecule has 1 aromatic rings. The number of phenolic OH excluding ortho intramolecular Hbond substituents is 1. The molecule has 98 valence electrons. The molecule has 1 heterocycles. The number of ether oxygens (including phenoxy) is 2. The van der Waals surface area contributed by atoms with Gasteiger partial charge in [0.1, 0.15) is 5.75 Å². The molecule has 1 aliphatic heterocycles. The number of benzene rings is 1. The van der Waals surface area contributed by atoms with Crippen LogP contribution in [0.15, 0.2) is 24.3 Å². The van der Waals surface area contributed by atoms with Gasteiger partial charge in [-0.2, -0.15) is 0 Å². The van der Waals surface area contributed by atoms with Crippen LogP contribution in [-0.4, -0.2) is 24.1 Å². The maximum atomic E-state index is 9.27. The minimum atomic E-state index is -0.245. The quantitative estimate of drug-likeness (QED) is 0.874. The number of hydrogen-bond acceptors (Lipinski definition) is 3. The lowest BCUT2D eigenvalue weighted by Gasteiger charge is -2.35. The second-order valence-corrected chi connectivity index (χ2v) is 5.42. The van der Waals surface area contributed by atoms with Crippen molar-refractivity contribution in [3.8, 4) is 5.75 Å². The monoisotopic (exact) mass is 248 g/mol. The van der Waals surface area contributed by atoms with E-state index in [0.717, 1.165) is 32.5 Å². The average molecular weight is 248 g/mol. The summed E-state index contributed by atoms with van der Waals surface area (Å²) in [7, 11) is 0. The molecule has 0 unspecified atom stereocenters. The average Bonchev–Trinajstić information content (AvgIpc) is 2.84. The van der Waals surface area contributed by atoms with Gasteiger partial charge in [0.25, 0.3) is 0 Å². The first-order chi connectivity index (χ1) is 8.76. The Morgan fingerprint density at radius 3 is 2.28 bits per heavy atom. The van der Waals surface area contributed by atoms with Crippen LogP contribution in [0.4, 0.5) is 0 Å². The largest absolute Gasteiger partial charge is 0.508 e. The normalized spacial score (nSPS) is 23.6. The van der Waals surface area contributed by atoms with Crippen molar-refractivity contribution in [1.29, 1.82) is 0 Å². The third-order valence-electron chi connectivity index (χ3n) is 4.14. The fourth-order valence-corrected chi connectivity index (χ4v) is 3.07. The topological polar surface area (TPSA) is 38.7 Å². The van der Waals surface area contributed by atoms with E-state index in [1.807, 2.05) is 12.1 Å². The van der Waals surface area contributed by atoms with Gasteiger partial charge in [0.05, 0.1) is 13.2 Å². The van der Waals surface area contributed by atoms with Crippen LogP contribution in [0.25, 0.3) is 0 Å². The number of rotatable bonds is 2. The molecule has 1 saturated heterocycles. The van der Waals surface area contributed by atoms with Gasteiger partial charge in [-0.1, -0.05) is 12.1 Å². The molecule has 0 radical (unpaired) electrons. The van der Waals surface area contributed by atoms with E-state index in [0.29, 0.717) is 11.7 Å². The van der Waals surface area contributed by atoms with E-state index >= 15 is 0 Å². The fraction of sp³-hybridized carbons (Fsp3) is 0.600. The molecule has 1 spiro atoms. The van der Waals surface area contributed by atoms with Crippen molar-refractivity contribution in [2.75, 3.05) is 13.2 Å². The van der Waals surface area contributed by atoms with Crippen LogP contribution < -0.4 is 0 Å². The molecule has 1 aliphatic carbocycles. The van der Waals surface area contributed by atoms with Crippen molar-refractivity contribution in [1.82, 2.24) is 0 Å². The van der Waals surface area contributed by atoms with Crippen molar-refractivity contribution in [2.24, 2.45) is 5.92 Å². The van der Waals surface area contributed by atoms with Gasteiger partial charge in [-0.3, -0.25) is 0 Å². The molecule has 0 atom stereocenters. The number of aromatic hydroxyl groups is 1. The maximum Gasteiger partial charge on any atom is 0.168 e. The molecule has 3 nitrogen and oxygen atoms in total. The summed E-state index contributed by atoms with van der Waals surface area (Å²) in [5.41, 5.74) is 1.31. The summed E-state index contributed by atoms with van der Waals surface area (Å²) in [4.78, 5) is 0. The Bertz CT molecular complexity index is 383. The van der Waals surface area contributed by atoms with Crippen molar-refractivity contribution < 1.29 is 14.6 Å². The van der Waals surface area contributed by atoms with Crippen molar-refractivity contribution in [3.63, 3.8) is 0 Å². The predicted octanol–water partition coefficient (Wildman–Crippen LogP) is 2.87. The van der Waals surface area contributed by atoms with Crippen molar-refractivity contribution in [2.45, 2.75) is 37.9 Å². The highest BCUT2D eigenvalue weighted by molar-refractivity contribution is 5.26. The molecule has 0 amide bonds. The highest BCUT2D eigenvalue weighted by Crippen LogP contribution is 2.39. The molecule has 1 aromatic carbocycles. The van der Waals surface area contributed by atoms with Gasteiger partial charge < -0.3 is 14.6 Å². The van der Waals surface area contributed by atoms with Gasteiger partial charge >= 0.3 is 0 Å². The molecule has 1 N–H and O–H groups in total. The molecule has 18 heavy (non-hydrogen) atoms. The molecule has 3 heteroatoms. The van der Waals surface area contributed by atoms with Crippen LogP contribution in [0.1, 0.15) is 31.2 Å². The Kier molecular flexibility index (Phi) is 3.27. The standard InChI is InChI=1S/C15H20O3/c16-14-3-1-12(2-4-14)11-13-5-7-15(8-6-13)17-9-10-18-15/h1-4,13,16H,5-11H2. The summed E-state index contributed by atoms with van der Waals surface area (Å²) in [5.74, 6) is 0.813. The second kappa shape index (κ2) is 4.90. The summed E-state index contributed by atoms with van der Waals surface area (Å²) < 4.78 is 11.5. The van der Waals surface area contributed by atoms with Gasteiger partial charge in [0, 0.05) is 12.8 Å². The van der Waals surface area contributed by atoms with Gasteiger partial charge in [-0.25, -0.2) is 0 Å². The van der Waals surface area contributed by atoms with Gasteiger partial charge in [-0.15, -0.1) is 0 Å². The van der Waals surface area contributed by atoms with Crippen LogP contribution in [0.2, 0.25) is 0 Å². The summed E-state index contributed by atoms with van der Waals surface area (Å²) in [6, 6.07) is 7.57. The first-order valence-corrected chi connectivity index (χ1v) is 6.82. The number of hydrogen-bond donors (Lipinski definition) is 1. The predicted molar refractivity (Wildman–Crippen MR) is 68.4 cm³/mol. The molecular formula is C15H20O3. The Hall–Kier alpha value is -1.06. The Balaban J connectivity index is 1.55. The summed E-state index contributed by atoms with van der Waals surface area (Å²) in [5, 5.41) is 9.27. The maximum absolute atomic E-state index is 9.27. The highest BCUT2D eigenvalue weighted by atomic mass is 16.7. The first kappa shape index (κ1) is 12.0. The van der Waals surface area contributed by atoms with Crippen LogP contribution in [0.5, 0.6) is 5.75 Å². The third-order valence-corrected chi connectivity index (χ3v) is 4.14. The van der Waals surface area contributed by atoms with Crippen LogP contribution >= 0.6 is 0 Å². The highest BCUT2D eigenvalue weighted by Gasteiger charge is 2.40. The summed E-state index contributed by atoms with van der Waals surface area (Å²) in [6.07, 6.45) is 5.48. The fourth-order valence-electron chi connectivity index (χ4n) is 3.07. The summed E-state index contributed by atoms with van der Waals surface area (Å²) in [6.45, 7) is 1.51. The molecule has 3 rings (SSSR count). The summed E-state index contributed by atoms with van der Waals surface area (Å²) >= 11 is 0. The molecule has 1 saturated carbocycles. The Morgan fingerprint density at radius 1 is 1.06 bits per heavy atom. The lowest BCUT2D eigenvalue weighted by molar-refractivity contribution is -0.182. The molecule has 2 fully saturated rings. The van der Waals surface area contributed by atoms with E-state index in [4.69, 9.17) is 9.47 Å². The lowest BCUT2D eigenvalue weighted by Crippen LogP contribution is -2.35. The Morgan fingerprint density at radius 2 is 1.67 bits per heavy atom. The first-order valence-electron chi connectivity index (χ1n) is 6.82. The SMILES string of the molecule is Oc1ccc(CC2CCC3(CC2)OCCO3)cc1. The van der Waals surface area contributed by atoms with Gasteiger partial charge in [0.15, 0.2) is 5.79 Å². The lowest BCUT2D eigenvalue weighted by atomic mass is 9.81. The van der Waals surface area contributed by atoms with Crippen molar-refractivity contribution in [3.05, 3.63) is 29.8 Å². The van der Waals surface area contributed by atoms with E-state index in [2.05, 4.69) is 0 Å². The molecule has 0 aromatic heterocycles. The zero-order chi connectivity index (χ0) is 12.4. The van der Waals surface area contributed by atoms with Gasteiger partial charge in [0.2, 0.25) is 0 Å².